The van der Waals surface area contributed by atoms with Gasteiger partial charge in [-0.1, -0.05) is 12.1 Å². The van der Waals surface area contributed by atoms with Gasteiger partial charge in [-0.3, -0.25) is 0 Å². The molecule has 0 radical (unpaired) electrons. The lowest BCUT2D eigenvalue weighted by atomic mass is 10.1. The highest BCUT2D eigenvalue weighted by atomic mass is 16.5. The van der Waals surface area contributed by atoms with Crippen LogP contribution in [0.15, 0.2) is 24.3 Å². The number of methoxy groups -OCH3 is 1. The summed E-state index contributed by atoms with van der Waals surface area (Å²) in [5.74, 6) is 0. The van der Waals surface area contributed by atoms with Crippen LogP contribution in [0.25, 0.3) is 0 Å². The lowest BCUT2D eigenvalue weighted by Gasteiger charge is -2.37. The van der Waals surface area contributed by atoms with Gasteiger partial charge in [0.15, 0.2) is 0 Å². The quantitative estimate of drug-likeness (QED) is 0.767. The van der Waals surface area contributed by atoms with Gasteiger partial charge in [-0.15, -0.1) is 0 Å². The summed E-state index contributed by atoms with van der Waals surface area (Å²) >= 11 is 0. The zero-order valence-corrected chi connectivity index (χ0v) is 11.9. The summed E-state index contributed by atoms with van der Waals surface area (Å²) in [7, 11) is 1.72. The second kappa shape index (κ2) is 7.36. The van der Waals surface area contributed by atoms with Gasteiger partial charge in [0.05, 0.1) is 18.0 Å². The topological polar surface area (TPSA) is 33.7 Å². The molecule has 1 aliphatic rings. The number of rotatable bonds is 7. The maximum absolute atomic E-state index is 5.66. The number of hydrogen-bond acceptors (Lipinski definition) is 4. The van der Waals surface area contributed by atoms with E-state index in [0.717, 1.165) is 39.3 Å². The molecule has 1 aliphatic heterocycles. The van der Waals surface area contributed by atoms with Crippen LogP contribution in [0.4, 0.5) is 11.4 Å². The van der Waals surface area contributed by atoms with Crippen LogP contribution in [0.5, 0.6) is 0 Å². The van der Waals surface area contributed by atoms with Gasteiger partial charge in [0.2, 0.25) is 0 Å². The van der Waals surface area contributed by atoms with E-state index in [2.05, 4.69) is 41.4 Å². The third kappa shape index (κ3) is 3.85. The van der Waals surface area contributed by atoms with Crippen molar-refractivity contribution >= 4 is 11.4 Å². The molecule has 19 heavy (non-hydrogen) atoms. The van der Waals surface area contributed by atoms with Gasteiger partial charge in [-0.25, -0.2) is 0 Å². The molecular weight excluding hydrogens is 240 g/mol. The number of anilines is 2. The van der Waals surface area contributed by atoms with Crippen LogP contribution in [0.1, 0.15) is 13.3 Å². The van der Waals surface area contributed by atoms with Crippen molar-refractivity contribution in [3.8, 4) is 0 Å². The molecule has 4 nitrogen and oxygen atoms in total. The summed E-state index contributed by atoms with van der Waals surface area (Å²) < 4.78 is 10.7. The molecule has 0 amide bonds. The van der Waals surface area contributed by atoms with Gasteiger partial charge in [-0.05, 0) is 25.5 Å². The SMILES string of the molecule is COCCCOCCN1c2ccccc2NCC1C. The predicted octanol–water partition coefficient (Wildman–Crippen LogP) is 2.36. The fourth-order valence-corrected chi connectivity index (χ4v) is 2.39. The minimum Gasteiger partial charge on any atom is -0.385 e. The molecule has 2 rings (SSSR count). The Hall–Kier alpha value is -1.26. The third-order valence-electron chi connectivity index (χ3n) is 3.45. The Morgan fingerprint density at radius 1 is 1.26 bits per heavy atom. The Morgan fingerprint density at radius 2 is 2.11 bits per heavy atom. The van der Waals surface area contributed by atoms with Crippen LogP contribution >= 0.6 is 0 Å². The van der Waals surface area contributed by atoms with Gasteiger partial charge in [-0.2, -0.15) is 0 Å². The van der Waals surface area contributed by atoms with Crippen LogP contribution in [-0.2, 0) is 9.47 Å². The number of nitrogens with zero attached hydrogens (tertiary/aromatic N) is 1. The van der Waals surface area contributed by atoms with Crippen molar-refractivity contribution in [3.05, 3.63) is 24.3 Å². The first-order valence-electron chi connectivity index (χ1n) is 6.99. The minimum absolute atomic E-state index is 0.498. The van der Waals surface area contributed by atoms with Crippen molar-refractivity contribution in [2.24, 2.45) is 0 Å². The highest BCUT2D eigenvalue weighted by molar-refractivity contribution is 5.72. The molecule has 1 aromatic carbocycles. The molecule has 106 valence electrons. The van der Waals surface area contributed by atoms with E-state index in [4.69, 9.17) is 9.47 Å². The van der Waals surface area contributed by atoms with E-state index in [1.54, 1.807) is 7.11 Å². The number of benzene rings is 1. The Bertz CT molecular complexity index is 384. The van der Waals surface area contributed by atoms with E-state index in [9.17, 15) is 0 Å². The highest BCUT2D eigenvalue weighted by Gasteiger charge is 2.21. The van der Waals surface area contributed by atoms with Crippen molar-refractivity contribution in [3.63, 3.8) is 0 Å². The van der Waals surface area contributed by atoms with Gasteiger partial charge >= 0.3 is 0 Å². The van der Waals surface area contributed by atoms with E-state index in [1.165, 1.54) is 11.4 Å². The Balaban J connectivity index is 1.82. The molecule has 0 spiro atoms. The molecule has 0 fully saturated rings. The maximum Gasteiger partial charge on any atom is 0.0641 e. The summed E-state index contributed by atoms with van der Waals surface area (Å²) in [4.78, 5) is 2.42. The second-order valence-corrected chi connectivity index (χ2v) is 4.90. The lowest BCUT2D eigenvalue weighted by molar-refractivity contribution is 0.106. The average molecular weight is 264 g/mol. The minimum atomic E-state index is 0.498. The predicted molar refractivity (Wildman–Crippen MR) is 79.1 cm³/mol. The van der Waals surface area contributed by atoms with Gasteiger partial charge in [0.1, 0.15) is 0 Å². The van der Waals surface area contributed by atoms with Crippen molar-refractivity contribution in [1.82, 2.24) is 0 Å². The van der Waals surface area contributed by atoms with Gasteiger partial charge < -0.3 is 19.7 Å². The number of fused-ring (bicyclic) bond motifs is 1. The summed E-state index contributed by atoms with van der Waals surface area (Å²) in [6.45, 7) is 6.48. The number of para-hydroxylation sites is 2. The fourth-order valence-electron chi connectivity index (χ4n) is 2.39. The maximum atomic E-state index is 5.66. The monoisotopic (exact) mass is 264 g/mol. The Kier molecular flexibility index (Phi) is 5.48. The molecular formula is C15H24N2O2. The normalized spacial score (nSPS) is 18.0. The van der Waals surface area contributed by atoms with Crippen LogP contribution < -0.4 is 10.2 Å². The largest absolute Gasteiger partial charge is 0.385 e. The van der Waals surface area contributed by atoms with E-state index >= 15 is 0 Å². The van der Waals surface area contributed by atoms with E-state index in [-0.39, 0.29) is 0 Å². The highest BCUT2D eigenvalue weighted by Crippen LogP contribution is 2.30. The fraction of sp³-hybridized carbons (Fsp3) is 0.600. The average Bonchev–Trinajstić information content (AvgIpc) is 2.44. The molecule has 1 N–H and O–H groups in total. The van der Waals surface area contributed by atoms with Gasteiger partial charge in [0.25, 0.3) is 0 Å². The van der Waals surface area contributed by atoms with Crippen molar-refractivity contribution < 1.29 is 9.47 Å². The summed E-state index contributed by atoms with van der Waals surface area (Å²) in [5.41, 5.74) is 2.50. The molecule has 1 unspecified atom stereocenters. The molecule has 0 aromatic heterocycles. The second-order valence-electron chi connectivity index (χ2n) is 4.90. The molecule has 0 saturated carbocycles. The number of ether oxygens (including phenoxy) is 2. The molecule has 0 saturated heterocycles. The zero-order valence-electron chi connectivity index (χ0n) is 11.9. The van der Waals surface area contributed by atoms with E-state index in [0.29, 0.717) is 6.04 Å². The first-order valence-corrected chi connectivity index (χ1v) is 6.99. The van der Waals surface area contributed by atoms with Crippen LogP contribution in [-0.4, -0.2) is 46.1 Å². The standard InChI is InChI=1S/C15H24N2O2/c1-13-12-16-14-6-3-4-7-15(14)17(13)8-11-19-10-5-9-18-2/h3-4,6-7,13,16H,5,8-12H2,1-2H3. The van der Waals surface area contributed by atoms with Crippen LogP contribution in [0, 0.1) is 0 Å². The Morgan fingerprint density at radius 3 is 2.95 bits per heavy atom. The van der Waals surface area contributed by atoms with E-state index < -0.39 is 0 Å². The zero-order chi connectivity index (χ0) is 13.5. The first kappa shape index (κ1) is 14.2. The molecule has 1 heterocycles. The molecule has 0 aliphatic carbocycles. The molecule has 1 atom stereocenters. The molecule has 1 aromatic rings. The third-order valence-corrected chi connectivity index (χ3v) is 3.45. The van der Waals surface area contributed by atoms with Crippen molar-refractivity contribution in [2.45, 2.75) is 19.4 Å². The summed E-state index contributed by atoms with van der Waals surface area (Å²) in [6, 6.07) is 8.96. The van der Waals surface area contributed by atoms with Crippen LogP contribution in [0.3, 0.4) is 0 Å². The summed E-state index contributed by atoms with van der Waals surface area (Å²) in [6.07, 6.45) is 0.962. The van der Waals surface area contributed by atoms with Gasteiger partial charge in [0, 0.05) is 39.5 Å². The first-order chi connectivity index (χ1) is 9.33. The molecule has 0 bridgehead atoms. The Labute approximate surface area is 115 Å². The van der Waals surface area contributed by atoms with Crippen LogP contribution in [0.2, 0.25) is 0 Å². The van der Waals surface area contributed by atoms with Crippen molar-refractivity contribution in [1.29, 1.82) is 0 Å². The number of nitrogens with one attached hydrogen (secondary N) is 1. The molecule has 4 heteroatoms. The smallest absolute Gasteiger partial charge is 0.0641 e. The van der Waals surface area contributed by atoms with E-state index in [1.807, 2.05) is 0 Å². The lowest BCUT2D eigenvalue weighted by Crippen LogP contribution is -2.43. The number of hydrogen-bond donors (Lipinski definition) is 1. The summed E-state index contributed by atoms with van der Waals surface area (Å²) in [5, 5.41) is 3.46. The van der Waals surface area contributed by atoms with Crippen molar-refractivity contribution in [2.75, 3.05) is 50.2 Å².